The molecule has 0 aromatic heterocycles. The number of benzene rings is 1. The lowest BCUT2D eigenvalue weighted by Gasteiger charge is -2.12. The van der Waals surface area contributed by atoms with E-state index in [1.54, 1.807) is 18.2 Å². The van der Waals surface area contributed by atoms with Crippen LogP contribution in [-0.2, 0) is 4.79 Å². The largest absolute Gasteiger partial charge is 0.490 e. The average molecular weight is 339 g/mol. The average Bonchev–Trinajstić information content (AvgIpc) is 2.34. The van der Waals surface area contributed by atoms with E-state index >= 15 is 0 Å². The van der Waals surface area contributed by atoms with Crippen molar-refractivity contribution < 1.29 is 19.4 Å². The Hall–Kier alpha value is -0.980. The molecule has 0 bridgehead atoms. The first kappa shape index (κ1) is 15.1. The summed E-state index contributed by atoms with van der Waals surface area (Å²) >= 11 is 8.74. The van der Waals surface area contributed by atoms with E-state index in [0.717, 1.165) is 0 Å². The van der Waals surface area contributed by atoms with Crippen molar-refractivity contribution in [1.82, 2.24) is 0 Å². The first-order chi connectivity index (χ1) is 8.52. The molecule has 18 heavy (non-hydrogen) atoms. The van der Waals surface area contributed by atoms with E-state index in [4.69, 9.17) is 26.8 Å². The smallest absolute Gasteiger partial charge is 0.255 e. The summed E-state index contributed by atoms with van der Waals surface area (Å²) in [5.41, 5.74) is 4.96. The maximum absolute atomic E-state index is 10.6. The van der Waals surface area contributed by atoms with Crippen LogP contribution in [0, 0.1) is 0 Å². The van der Waals surface area contributed by atoms with Crippen molar-refractivity contribution in [3.8, 4) is 11.5 Å². The minimum atomic E-state index is -0.718. The van der Waals surface area contributed by atoms with Gasteiger partial charge in [-0.2, -0.15) is 0 Å². The normalized spacial score (nSPS) is 11.9. The molecular formula is C11H13BrClNO4. The minimum Gasteiger partial charge on any atom is -0.490 e. The van der Waals surface area contributed by atoms with Gasteiger partial charge in [-0.3, -0.25) is 4.79 Å². The van der Waals surface area contributed by atoms with Crippen molar-refractivity contribution in [3.05, 3.63) is 22.7 Å². The van der Waals surface area contributed by atoms with Gasteiger partial charge in [0.15, 0.2) is 6.61 Å². The fourth-order valence-electron chi connectivity index (χ4n) is 1.07. The number of carbonyl (C=O) groups is 1. The van der Waals surface area contributed by atoms with E-state index in [0.29, 0.717) is 16.0 Å². The van der Waals surface area contributed by atoms with Crippen LogP contribution in [0.1, 0.15) is 0 Å². The number of aliphatic hydroxyl groups is 1. The van der Waals surface area contributed by atoms with E-state index in [9.17, 15) is 9.90 Å². The summed E-state index contributed by atoms with van der Waals surface area (Å²) in [6, 6.07) is 4.93. The Balaban J connectivity index is 2.59. The summed E-state index contributed by atoms with van der Waals surface area (Å²) in [5.74, 6) is 0.602. The molecule has 0 aliphatic carbocycles. The number of hydrogen-bond donors (Lipinski definition) is 2. The first-order valence-corrected chi connectivity index (χ1v) is 6.43. The molecule has 0 spiro atoms. The number of amides is 1. The number of ether oxygens (including phenoxy) is 2. The number of primary amides is 1. The quantitative estimate of drug-likeness (QED) is 0.734. The molecule has 1 unspecified atom stereocenters. The summed E-state index contributed by atoms with van der Waals surface area (Å²) in [6.45, 7) is -0.0821. The first-order valence-electron chi connectivity index (χ1n) is 5.10. The van der Waals surface area contributed by atoms with Gasteiger partial charge in [-0.25, -0.2) is 0 Å². The molecule has 0 saturated carbocycles. The molecule has 1 aromatic carbocycles. The van der Waals surface area contributed by atoms with Gasteiger partial charge in [-0.15, -0.1) is 11.6 Å². The fourth-order valence-corrected chi connectivity index (χ4v) is 1.63. The Bertz CT molecular complexity index is 416. The van der Waals surface area contributed by atoms with Crippen molar-refractivity contribution >= 4 is 33.4 Å². The topological polar surface area (TPSA) is 81.8 Å². The highest BCUT2D eigenvalue weighted by molar-refractivity contribution is 9.10. The molecule has 0 fully saturated rings. The van der Waals surface area contributed by atoms with E-state index in [2.05, 4.69) is 15.9 Å². The second-order valence-corrected chi connectivity index (χ2v) is 4.63. The highest BCUT2D eigenvalue weighted by Gasteiger charge is 2.07. The summed E-state index contributed by atoms with van der Waals surface area (Å²) < 4.78 is 11.1. The van der Waals surface area contributed by atoms with Gasteiger partial charge in [-0.1, -0.05) is 0 Å². The highest BCUT2D eigenvalue weighted by atomic mass is 79.9. The standard InChI is InChI=1S/C11H13BrClNO4/c12-9-3-8(17-6-11(14)16)1-2-10(9)18-5-7(15)4-13/h1-3,7,15H,4-6H2,(H2,14,16). The van der Waals surface area contributed by atoms with Gasteiger partial charge in [0.25, 0.3) is 5.91 Å². The fraction of sp³-hybridized carbons (Fsp3) is 0.364. The number of halogens is 2. The van der Waals surface area contributed by atoms with Crippen LogP contribution in [0.5, 0.6) is 11.5 Å². The summed E-state index contributed by atoms with van der Waals surface area (Å²) in [4.78, 5) is 10.6. The third kappa shape index (κ3) is 5.12. The van der Waals surface area contributed by atoms with Crippen LogP contribution in [0.4, 0.5) is 0 Å². The molecule has 1 atom stereocenters. The predicted octanol–water partition coefficient (Wildman–Crippen LogP) is 1.29. The number of aliphatic hydroxyl groups excluding tert-OH is 1. The number of rotatable bonds is 7. The number of nitrogens with two attached hydrogens (primary N) is 1. The Kier molecular flexibility index (Phi) is 6.24. The summed E-state index contributed by atoms with van der Waals surface area (Å²) in [5, 5.41) is 9.26. The number of alkyl halides is 1. The lowest BCUT2D eigenvalue weighted by Crippen LogP contribution is -2.20. The van der Waals surface area contributed by atoms with Crippen molar-refractivity contribution in [2.24, 2.45) is 5.73 Å². The van der Waals surface area contributed by atoms with Gasteiger partial charge >= 0.3 is 0 Å². The molecule has 1 rings (SSSR count). The van der Waals surface area contributed by atoms with E-state index in [1.807, 2.05) is 0 Å². The SMILES string of the molecule is NC(=O)COc1ccc(OCC(O)CCl)c(Br)c1. The van der Waals surface area contributed by atoms with Crippen LogP contribution in [0.2, 0.25) is 0 Å². The molecule has 0 aliphatic rings. The predicted molar refractivity (Wildman–Crippen MR) is 71.1 cm³/mol. The highest BCUT2D eigenvalue weighted by Crippen LogP contribution is 2.29. The second-order valence-electron chi connectivity index (χ2n) is 3.47. The zero-order valence-corrected chi connectivity index (χ0v) is 11.8. The second kappa shape index (κ2) is 7.45. The van der Waals surface area contributed by atoms with Gasteiger partial charge in [0.05, 0.1) is 10.4 Å². The Morgan fingerprint density at radius 3 is 2.78 bits per heavy atom. The molecule has 5 nitrogen and oxygen atoms in total. The van der Waals surface area contributed by atoms with Gasteiger partial charge in [0, 0.05) is 0 Å². The van der Waals surface area contributed by atoms with Crippen LogP contribution in [0.3, 0.4) is 0 Å². The van der Waals surface area contributed by atoms with Gasteiger partial charge in [0.1, 0.15) is 24.2 Å². The van der Waals surface area contributed by atoms with Crippen LogP contribution < -0.4 is 15.2 Å². The summed E-state index contributed by atoms with van der Waals surface area (Å²) in [7, 11) is 0. The van der Waals surface area contributed by atoms with Crippen molar-refractivity contribution in [3.63, 3.8) is 0 Å². The van der Waals surface area contributed by atoms with Crippen molar-refractivity contribution in [1.29, 1.82) is 0 Å². The molecule has 1 aromatic rings. The monoisotopic (exact) mass is 337 g/mol. The molecule has 0 saturated heterocycles. The maximum atomic E-state index is 10.6. The van der Waals surface area contributed by atoms with Crippen LogP contribution in [0.25, 0.3) is 0 Å². The van der Waals surface area contributed by atoms with Crippen molar-refractivity contribution in [2.75, 3.05) is 19.1 Å². The Morgan fingerprint density at radius 1 is 1.50 bits per heavy atom. The van der Waals surface area contributed by atoms with Crippen molar-refractivity contribution in [2.45, 2.75) is 6.10 Å². The minimum absolute atomic E-state index is 0.101. The lowest BCUT2D eigenvalue weighted by molar-refractivity contribution is -0.119. The number of hydrogen-bond acceptors (Lipinski definition) is 4. The molecule has 1 amide bonds. The van der Waals surface area contributed by atoms with E-state index < -0.39 is 12.0 Å². The third-order valence-corrected chi connectivity index (χ3v) is 2.87. The molecule has 0 heterocycles. The van der Waals surface area contributed by atoms with Crippen LogP contribution in [-0.4, -0.2) is 36.2 Å². The van der Waals surface area contributed by atoms with Gasteiger partial charge in [0.2, 0.25) is 0 Å². The van der Waals surface area contributed by atoms with E-state index in [-0.39, 0.29) is 19.1 Å². The van der Waals surface area contributed by atoms with E-state index in [1.165, 1.54) is 0 Å². The summed E-state index contributed by atoms with van der Waals surface area (Å²) in [6.07, 6.45) is -0.718. The molecule has 0 radical (unpaired) electrons. The van der Waals surface area contributed by atoms with Crippen LogP contribution >= 0.6 is 27.5 Å². The zero-order chi connectivity index (χ0) is 13.5. The van der Waals surface area contributed by atoms with Gasteiger partial charge < -0.3 is 20.3 Å². The molecule has 0 aliphatic heterocycles. The Morgan fingerprint density at radius 2 is 2.22 bits per heavy atom. The molecule has 3 N–H and O–H groups in total. The lowest BCUT2D eigenvalue weighted by atomic mass is 10.3. The number of carbonyl (C=O) groups excluding carboxylic acids is 1. The molecule has 100 valence electrons. The zero-order valence-electron chi connectivity index (χ0n) is 9.44. The molecule has 7 heteroatoms. The van der Waals surface area contributed by atoms with Crippen LogP contribution in [0.15, 0.2) is 22.7 Å². The molecular weight excluding hydrogens is 325 g/mol. The maximum Gasteiger partial charge on any atom is 0.255 e. The third-order valence-electron chi connectivity index (χ3n) is 1.89. The Labute approximate surface area is 118 Å². The van der Waals surface area contributed by atoms with Gasteiger partial charge in [-0.05, 0) is 34.1 Å².